The number of aromatic amines is 2. The van der Waals surface area contributed by atoms with Crippen molar-refractivity contribution in [1.82, 2.24) is 40.8 Å². The van der Waals surface area contributed by atoms with E-state index in [0.717, 1.165) is 12.5 Å². The summed E-state index contributed by atoms with van der Waals surface area (Å²) in [6.07, 6.45) is 2.03. The Kier molecular flexibility index (Phi) is 28.0. The van der Waals surface area contributed by atoms with Crippen molar-refractivity contribution in [2.45, 2.75) is 93.5 Å². The van der Waals surface area contributed by atoms with Crippen LogP contribution < -0.4 is 0 Å². The Labute approximate surface area is 258 Å². The standard InChI is InChI=1S/2C4H6N2O3S.2C3H4N2OS.4C2H6/c2*1-3-5-6-4(9-3)10(2,7)8;2*1-2-4-5-3(7)6-2;4*1-2/h2*1-2H3;2*1H3,(H,5,7);4*1-2H3. The van der Waals surface area contributed by atoms with Crippen molar-refractivity contribution in [3.05, 3.63) is 33.2 Å². The Morgan fingerprint density at radius 2 is 0.762 bits per heavy atom. The summed E-state index contributed by atoms with van der Waals surface area (Å²) in [6, 6.07) is 0. The molecular formula is C22H44N8O8S4. The topological polar surface area (TPSA) is 230 Å². The van der Waals surface area contributed by atoms with E-state index >= 15 is 0 Å². The molecule has 0 amide bonds. The van der Waals surface area contributed by atoms with Crippen LogP contribution in [0.2, 0.25) is 0 Å². The summed E-state index contributed by atoms with van der Waals surface area (Å²) in [4.78, 5) is 0.662. The molecule has 0 aliphatic carbocycles. The Morgan fingerprint density at radius 1 is 0.500 bits per heavy atom. The first-order valence-electron chi connectivity index (χ1n) is 12.6. The van der Waals surface area contributed by atoms with Crippen LogP contribution in [0.5, 0.6) is 0 Å². The fraction of sp³-hybridized carbons (Fsp3) is 0.636. The fourth-order valence-electron chi connectivity index (χ4n) is 1.46. The smallest absolute Gasteiger partial charge is 0.335 e. The Morgan fingerprint density at radius 3 is 0.833 bits per heavy atom. The maximum Gasteiger partial charge on any atom is 0.335 e. The van der Waals surface area contributed by atoms with Crippen molar-refractivity contribution >= 4 is 44.1 Å². The lowest BCUT2D eigenvalue weighted by atomic mass is 10.8. The number of aryl methyl sites for hydroxylation is 4. The van der Waals surface area contributed by atoms with Crippen LogP contribution >= 0.6 is 24.4 Å². The number of hydrogen-bond acceptors (Lipinski definition) is 16. The summed E-state index contributed by atoms with van der Waals surface area (Å²) < 4.78 is 61.3. The van der Waals surface area contributed by atoms with Crippen LogP contribution in [0.25, 0.3) is 0 Å². The predicted molar refractivity (Wildman–Crippen MR) is 163 cm³/mol. The minimum Gasteiger partial charge on any atom is -0.414 e. The van der Waals surface area contributed by atoms with E-state index in [1.165, 1.54) is 13.8 Å². The third-order valence-corrected chi connectivity index (χ3v) is 4.69. The van der Waals surface area contributed by atoms with E-state index < -0.39 is 19.7 Å². The van der Waals surface area contributed by atoms with Crippen LogP contribution in [-0.4, -0.2) is 70.1 Å². The molecule has 0 radical (unpaired) electrons. The van der Waals surface area contributed by atoms with E-state index in [0.29, 0.717) is 21.5 Å². The molecule has 4 rings (SSSR count). The van der Waals surface area contributed by atoms with Gasteiger partial charge in [-0.05, 0) is 24.4 Å². The summed E-state index contributed by atoms with van der Waals surface area (Å²) in [5.41, 5.74) is 0. The zero-order valence-corrected chi connectivity index (χ0v) is 29.8. The SMILES string of the molecule is CC.CC.CC.CC.Cc1n[nH]c(=S)o1.Cc1n[nH]c(=S)o1.Cc1nnc(S(C)(=O)=O)o1.Cc1nnc(S(C)(=O)=O)o1. The predicted octanol–water partition coefficient (Wildman–Crippen LogP) is 5.75. The second-order valence-electron chi connectivity index (χ2n) is 5.98. The Balaban J connectivity index is -0.000000214. The highest BCUT2D eigenvalue weighted by Gasteiger charge is 2.14. The van der Waals surface area contributed by atoms with E-state index in [1.54, 1.807) is 13.8 Å². The first kappa shape index (κ1) is 45.9. The highest BCUT2D eigenvalue weighted by atomic mass is 32.2. The number of H-pyrrole nitrogens is 2. The quantitative estimate of drug-likeness (QED) is 0.241. The molecule has 0 fully saturated rings. The van der Waals surface area contributed by atoms with Crippen LogP contribution in [0.3, 0.4) is 0 Å². The molecule has 4 aromatic heterocycles. The molecule has 16 nitrogen and oxygen atoms in total. The maximum absolute atomic E-state index is 10.6. The summed E-state index contributed by atoms with van der Waals surface area (Å²) in [5, 5.41) is 24.9. The summed E-state index contributed by atoms with van der Waals surface area (Å²) >= 11 is 9.10. The highest BCUT2D eigenvalue weighted by molar-refractivity contribution is 7.90. The molecule has 0 saturated carbocycles. The Bertz CT molecular complexity index is 1400. The largest absolute Gasteiger partial charge is 0.414 e. The molecular weight excluding hydrogens is 633 g/mol. The minimum atomic E-state index is -3.32. The van der Waals surface area contributed by atoms with Gasteiger partial charge in [-0.3, -0.25) is 0 Å². The van der Waals surface area contributed by atoms with Gasteiger partial charge in [0.15, 0.2) is 0 Å². The van der Waals surface area contributed by atoms with Gasteiger partial charge in [-0.15, -0.1) is 20.4 Å². The molecule has 2 N–H and O–H groups in total. The number of nitrogens with zero attached hydrogens (tertiary/aromatic N) is 6. The van der Waals surface area contributed by atoms with E-state index in [2.05, 4.69) is 74.1 Å². The second-order valence-corrected chi connectivity index (χ2v) is 10.5. The van der Waals surface area contributed by atoms with Crippen molar-refractivity contribution in [3.63, 3.8) is 0 Å². The normalized spacial score (nSPS) is 9.29. The van der Waals surface area contributed by atoms with E-state index in [9.17, 15) is 16.8 Å². The molecule has 244 valence electrons. The van der Waals surface area contributed by atoms with Gasteiger partial charge in [-0.2, -0.15) is 0 Å². The third kappa shape index (κ3) is 23.6. The van der Waals surface area contributed by atoms with Gasteiger partial charge in [-0.25, -0.2) is 27.0 Å². The maximum atomic E-state index is 10.6. The van der Waals surface area contributed by atoms with Crippen molar-refractivity contribution in [1.29, 1.82) is 0 Å². The number of sulfone groups is 2. The van der Waals surface area contributed by atoms with Gasteiger partial charge in [0.25, 0.3) is 9.67 Å². The van der Waals surface area contributed by atoms with E-state index in [-0.39, 0.29) is 22.2 Å². The summed E-state index contributed by atoms with van der Waals surface area (Å²) in [6.45, 7) is 22.5. The molecule has 0 aliphatic rings. The van der Waals surface area contributed by atoms with Gasteiger partial charge < -0.3 is 17.7 Å². The van der Waals surface area contributed by atoms with Crippen LogP contribution in [0.4, 0.5) is 0 Å². The molecule has 0 aliphatic heterocycles. The number of hydrogen-bond donors (Lipinski definition) is 2. The molecule has 0 aromatic carbocycles. The van der Waals surface area contributed by atoms with E-state index in [4.69, 9.17) is 8.83 Å². The lowest BCUT2D eigenvalue weighted by molar-refractivity contribution is 0.411. The van der Waals surface area contributed by atoms with Gasteiger partial charge in [0, 0.05) is 40.2 Å². The number of aromatic nitrogens is 8. The zero-order valence-electron chi connectivity index (χ0n) is 26.6. The van der Waals surface area contributed by atoms with Crippen LogP contribution in [-0.2, 0) is 19.7 Å². The zero-order chi connectivity index (χ0) is 34.1. The molecule has 0 saturated heterocycles. The first-order valence-corrected chi connectivity index (χ1v) is 17.2. The average molecular weight is 677 g/mol. The summed E-state index contributed by atoms with van der Waals surface area (Å²) in [7, 11) is -6.64. The van der Waals surface area contributed by atoms with Crippen LogP contribution in [0, 0.1) is 37.4 Å². The molecule has 0 atom stereocenters. The molecule has 4 aromatic rings. The minimum absolute atomic E-state index is 0.250. The van der Waals surface area contributed by atoms with Gasteiger partial charge in [0.1, 0.15) is 0 Å². The molecule has 42 heavy (non-hydrogen) atoms. The van der Waals surface area contributed by atoms with Gasteiger partial charge in [-0.1, -0.05) is 65.6 Å². The Hall–Kier alpha value is -3.10. The lowest BCUT2D eigenvalue weighted by Crippen LogP contribution is -1.96. The highest BCUT2D eigenvalue weighted by Crippen LogP contribution is 2.05. The van der Waals surface area contributed by atoms with Gasteiger partial charge >= 0.3 is 10.4 Å². The number of rotatable bonds is 2. The van der Waals surface area contributed by atoms with Crippen molar-refractivity contribution < 1.29 is 34.5 Å². The van der Waals surface area contributed by atoms with Gasteiger partial charge in [0.05, 0.1) is 0 Å². The van der Waals surface area contributed by atoms with Crippen molar-refractivity contribution in [3.8, 4) is 0 Å². The molecule has 0 bridgehead atoms. The van der Waals surface area contributed by atoms with Gasteiger partial charge in [0.2, 0.25) is 43.2 Å². The van der Waals surface area contributed by atoms with Crippen LogP contribution in [0.15, 0.2) is 28.1 Å². The van der Waals surface area contributed by atoms with Crippen LogP contribution in [0.1, 0.15) is 79.0 Å². The monoisotopic (exact) mass is 676 g/mol. The average Bonchev–Trinajstić information content (AvgIpc) is 3.75. The molecule has 4 heterocycles. The fourth-order valence-corrected chi connectivity index (χ4v) is 2.72. The van der Waals surface area contributed by atoms with Crippen molar-refractivity contribution in [2.24, 2.45) is 0 Å². The molecule has 0 unspecified atom stereocenters. The van der Waals surface area contributed by atoms with Crippen molar-refractivity contribution in [2.75, 3.05) is 12.5 Å². The summed E-state index contributed by atoms with van der Waals surface area (Å²) in [5.74, 6) is 1.65. The second kappa shape index (κ2) is 25.6. The number of nitrogens with one attached hydrogen (secondary N) is 2. The first-order chi connectivity index (χ1) is 19.6. The molecule has 20 heteroatoms. The lowest BCUT2D eigenvalue weighted by Gasteiger charge is -1.83. The molecule has 0 spiro atoms. The van der Waals surface area contributed by atoms with E-state index in [1.807, 2.05) is 55.4 Å². The third-order valence-electron chi connectivity index (χ3n) is 2.74.